The summed E-state index contributed by atoms with van der Waals surface area (Å²) in [4.78, 5) is 29.5. The molecule has 4 N–H and O–H groups in total. The summed E-state index contributed by atoms with van der Waals surface area (Å²) in [5.41, 5.74) is 17.0. The van der Waals surface area contributed by atoms with Crippen molar-refractivity contribution in [2.45, 2.75) is 40.2 Å². The molecule has 0 atom stereocenters. The Labute approximate surface area is 192 Å². The minimum Gasteiger partial charge on any atom is -0.366 e. The summed E-state index contributed by atoms with van der Waals surface area (Å²) in [7, 11) is 0. The van der Waals surface area contributed by atoms with Crippen LogP contribution in [0.15, 0.2) is 48.5 Å². The summed E-state index contributed by atoms with van der Waals surface area (Å²) in [6.45, 7) is 8.61. The van der Waals surface area contributed by atoms with Crippen LogP contribution in [0.1, 0.15) is 63.1 Å². The van der Waals surface area contributed by atoms with E-state index in [2.05, 4.69) is 43.1 Å². The molecule has 33 heavy (non-hydrogen) atoms. The summed E-state index contributed by atoms with van der Waals surface area (Å²) in [6, 6.07) is 15.5. The first-order valence-corrected chi connectivity index (χ1v) is 10.8. The SMILES string of the molecule is Cc1nn(Cc2ccc(C(C)C)cc2)c(C)c1-c1c(C(N)=O)nc2ccccc2c1C(N)=O. The molecule has 0 saturated heterocycles. The van der Waals surface area contributed by atoms with Gasteiger partial charge in [0.1, 0.15) is 5.69 Å². The zero-order valence-corrected chi connectivity index (χ0v) is 19.2. The fourth-order valence-corrected chi connectivity index (χ4v) is 4.28. The monoisotopic (exact) mass is 441 g/mol. The normalized spacial score (nSPS) is 11.3. The van der Waals surface area contributed by atoms with Crippen LogP contribution in [0, 0.1) is 13.8 Å². The van der Waals surface area contributed by atoms with E-state index in [1.807, 2.05) is 18.5 Å². The lowest BCUT2D eigenvalue weighted by Crippen LogP contribution is -2.21. The van der Waals surface area contributed by atoms with Gasteiger partial charge in [0.05, 0.1) is 23.3 Å². The second-order valence-electron chi connectivity index (χ2n) is 8.56. The Hall–Kier alpha value is -4.00. The predicted molar refractivity (Wildman–Crippen MR) is 129 cm³/mol. The Morgan fingerprint density at radius 1 is 0.939 bits per heavy atom. The topological polar surface area (TPSA) is 117 Å². The summed E-state index contributed by atoms with van der Waals surface area (Å²) in [6.07, 6.45) is 0. The van der Waals surface area contributed by atoms with Crippen molar-refractivity contribution in [1.82, 2.24) is 14.8 Å². The fraction of sp³-hybridized carbons (Fsp3) is 0.231. The van der Waals surface area contributed by atoms with Gasteiger partial charge < -0.3 is 11.5 Å². The molecule has 2 aromatic heterocycles. The van der Waals surface area contributed by atoms with Crippen molar-refractivity contribution < 1.29 is 9.59 Å². The van der Waals surface area contributed by atoms with Crippen LogP contribution in [0.4, 0.5) is 0 Å². The largest absolute Gasteiger partial charge is 0.366 e. The Morgan fingerprint density at radius 2 is 1.61 bits per heavy atom. The third kappa shape index (κ3) is 3.98. The van der Waals surface area contributed by atoms with Crippen molar-refractivity contribution in [3.8, 4) is 11.1 Å². The van der Waals surface area contributed by atoms with Crippen molar-refractivity contribution in [2.24, 2.45) is 11.5 Å². The van der Waals surface area contributed by atoms with Crippen molar-refractivity contribution in [1.29, 1.82) is 0 Å². The van der Waals surface area contributed by atoms with Crippen LogP contribution in [-0.2, 0) is 6.54 Å². The first kappa shape index (κ1) is 22.2. The molecule has 0 fully saturated rings. The number of carbonyl (C=O) groups excluding carboxylic acids is 2. The highest BCUT2D eigenvalue weighted by atomic mass is 16.1. The van der Waals surface area contributed by atoms with Crippen LogP contribution in [-0.4, -0.2) is 26.6 Å². The third-order valence-corrected chi connectivity index (χ3v) is 5.98. The molecular weight excluding hydrogens is 414 g/mol. The molecule has 0 saturated carbocycles. The molecule has 2 aromatic carbocycles. The zero-order chi connectivity index (χ0) is 23.9. The first-order chi connectivity index (χ1) is 15.7. The quantitative estimate of drug-likeness (QED) is 0.469. The number of para-hydroxylation sites is 1. The molecule has 0 radical (unpaired) electrons. The lowest BCUT2D eigenvalue weighted by atomic mass is 9.92. The molecule has 4 rings (SSSR count). The molecule has 7 heteroatoms. The van der Waals surface area contributed by atoms with Gasteiger partial charge in [-0.2, -0.15) is 5.10 Å². The molecule has 4 aromatic rings. The minimum absolute atomic E-state index is 0.00883. The van der Waals surface area contributed by atoms with E-state index in [0.717, 1.165) is 11.3 Å². The zero-order valence-electron chi connectivity index (χ0n) is 19.2. The number of nitrogens with zero attached hydrogens (tertiary/aromatic N) is 3. The van der Waals surface area contributed by atoms with Crippen LogP contribution in [0.25, 0.3) is 22.0 Å². The molecular formula is C26H27N5O2. The summed E-state index contributed by atoms with van der Waals surface area (Å²) < 4.78 is 1.86. The van der Waals surface area contributed by atoms with Gasteiger partial charge in [-0.1, -0.05) is 56.3 Å². The number of hydrogen-bond donors (Lipinski definition) is 2. The second-order valence-corrected chi connectivity index (χ2v) is 8.56. The average Bonchev–Trinajstić information content (AvgIpc) is 3.05. The highest BCUT2D eigenvalue weighted by molar-refractivity contribution is 6.15. The standard InChI is InChI=1S/C26H27N5O2/c1-14(2)18-11-9-17(10-12-18)13-31-16(4)21(15(3)30-31)23-22(25(27)32)19-7-5-6-8-20(19)29-24(23)26(28)33/h5-12,14H,13H2,1-4H3,(H2,27,32)(H2,28,33). The van der Waals surface area contributed by atoms with Crippen LogP contribution in [0.3, 0.4) is 0 Å². The van der Waals surface area contributed by atoms with E-state index in [1.54, 1.807) is 24.3 Å². The molecule has 0 unspecified atom stereocenters. The van der Waals surface area contributed by atoms with E-state index in [0.29, 0.717) is 40.2 Å². The molecule has 0 aliphatic carbocycles. The average molecular weight is 442 g/mol. The van der Waals surface area contributed by atoms with Gasteiger partial charge in [0.2, 0.25) is 5.91 Å². The number of carbonyl (C=O) groups is 2. The number of fused-ring (bicyclic) bond motifs is 1. The number of hydrogen-bond acceptors (Lipinski definition) is 4. The minimum atomic E-state index is -0.728. The van der Waals surface area contributed by atoms with Gasteiger partial charge >= 0.3 is 0 Å². The fourth-order valence-electron chi connectivity index (χ4n) is 4.28. The maximum atomic E-state index is 12.6. The Bertz CT molecular complexity index is 1380. The van der Waals surface area contributed by atoms with Gasteiger partial charge in [-0.05, 0) is 37.0 Å². The van der Waals surface area contributed by atoms with E-state index >= 15 is 0 Å². The molecule has 2 heterocycles. The van der Waals surface area contributed by atoms with Gasteiger partial charge in [0.15, 0.2) is 0 Å². The molecule has 0 aliphatic heterocycles. The van der Waals surface area contributed by atoms with Gasteiger partial charge in [-0.25, -0.2) is 4.98 Å². The Balaban J connectivity index is 1.91. The molecule has 0 aliphatic rings. The highest BCUT2D eigenvalue weighted by Gasteiger charge is 2.27. The second kappa shape index (κ2) is 8.50. The van der Waals surface area contributed by atoms with E-state index in [4.69, 9.17) is 16.6 Å². The number of primary amides is 2. The van der Waals surface area contributed by atoms with E-state index < -0.39 is 11.8 Å². The van der Waals surface area contributed by atoms with Crippen molar-refractivity contribution in [3.63, 3.8) is 0 Å². The van der Waals surface area contributed by atoms with Crippen molar-refractivity contribution >= 4 is 22.7 Å². The predicted octanol–water partition coefficient (Wildman–Crippen LogP) is 4.08. The first-order valence-electron chi connectivity index (χ1n) is 10.8. The lowest BCUT2D eigenvalue weighted by molar-refractivity contribution is 0.0996. The highest BCUT2D eigenvalue weighted by Crippen LogP contribution is 2.36. The molecule has 0 spiro atoms. The van der Waals surface area contributed by atoms with Crippen LogP contribution >= 0.6 is 0 Å². The number of aromatic nitrogens is 3. The smallest absolute Gasteiger partial charge is 0.267 e. The number of nitrogens with two attached hydrogens (primary N) is 2. The Kier molecular flexibility index (Phi) is 5.72. The molecule has 2 amide bonds. The molecule has 168 valence electrons. The van der Waals surface area contributed by atoms with Gasteiger partial charge in [0, 0.05) is 22.2 Å². The maximum absolute atomic E-state index is 12.6. The number of benzene rings is 2. The van der Waals surface area contributed by atoms with Crippen LogP contribution < -0.4 is 11.5 Å². The van der Waals surface area contributed by atoms with E-state index in [1.165, 1.54) is 5.56 Å². The van der Waals surface area contributed by atoms with Crippen molar-refractivity contribution in [2.75, 3.05) is 0 Å². The molecule has 0 bridgehead atoms. The van der Waals surface area contributed by atoms with Crippen molar-refractivity contribution in [3.05, 3.63) is 82.3 Å². The number of aryl methyl sites for hydroxylation is 1. The van der Waals surface area contributed by atoms with E-state index in [9.17, 15) is 9.59 Å². The van der Waals surface area contributed by atoms with Gasteiger partial charge in [-0.3, -0.25) is 14.3 Å². The summed E-state index contributed by atoms with van der Waals surface area (Å²) in [5.74, 6) is -0.921. The Morgan fingerprint density at radius 3 is 2.21 bits per heavy atom. The summed E-state index contributed by atoms with van der Waals surface area (Å²) in [5, 5.41) is 5.28. The van der Waals surface area contributed by atoms with Crippen LogP contribution in [0.2, 0.25) is 0 Å². The summed E-state index contributed by atoms with van der Waals surface area (Å²) >= 11 is 0. The van der Waals surface area contributed by atoms with Gasteiger partial charge in [0.25, 0.3) is 5.91 Å². The molecule has 7 nitrogen and oxygen atoms in total. The third-order valence-electron chi connectivity index (χ3n) is 5.98. The lowest BCUT2D eigenvalue weighted by Gasteiger charge is -2.15. The maximum Gasteiger partial charge on any atom is 0.267 e. The van der Waals surface area contributed by atoms with E-state index in [-0.39, 0.29) is 11.3 Å². The number of rotatable bonds is 6. The number of amides is 2. The number of pyridine rings is 1. The van der Waals surface area contributed by atoms with Gasteiger partial charge in [-0.15, -0.1) is 0 Å². The van der Waals surface area contributed by atoms with Crippen LogP contribution in [0.5, 0.6) is 0 Å².